The Bertz CT molecular complexity index is 724. The Hall–Kier alpha value is -2.62. The molecule has 0 heterocycles. The van der Waals surface area contributed by atoms with Gasteiger partial charge in [0.25, 0.3) is 0 Å². The molecule has 2 rings (SSSR count). The molecule has 26 heavy (non-hydrogen) atoms. The van der Waals surface area contributed by atoms with E-state index in [1.807, 2.05) is 49.4 Å². The summed E-state index contributed by atoms with van der Waals surface area (Å²) in [6.45, 7) is 6.20. The molecule has 3 N–H and O–H groups in total. The third-order valence-electron chi connectivity index (χ3n) is 4.46. The number of carbonyl (C=O) groups excluding carboxylic acids is 2. The number of amides is 2. The minimum absolute atomic E-state index is 0.193. The van der Waals surface area contributed by atoms with Gasteiger partial charge in [0.05, 0.1) is 5.92 Å². The summed E-state index contributed by atoms with van der Waals surface area (Å²) in [5.41, 5.74) is 8.63. The molecule has 138 valence electrons. The second-order valence-electron chi connectivity index (χ2n) is 7.21. The molecule has 0 saturated carbocycles. The van der Waals surface area contributed by atoms with E-state index in [-0.39, 0.29) is 11.8 Å². The molecule has 2 unspecified atom stereocenters. The zero-order valence-corrected chi connectivity index (χ0v) is 15.7. The van der Waals surface area contributed by atoms with Crippen molar-refractivity contribution >= 4 is 11.8 Å². The Balaban J connectivity index is 2.02. The first-order chi connectivity index (χ1) is 12.4. The van der Waals surface area contributed by atoms with Crippen LogP contribution >= 0.6 is 0 Å². The molecular formula is C22H28N2O2. The molecule has 0 saturated heterocycles. The average molecular weight is 352 g/mol. The first kappa shape index (κ1) is 19.7. The van der Waals surface area contributed by atoms with Crippen molar-refractivity contribution in [3.8, 4) is 0 Å². The highest BCUT2D eigenvalue weighted by Gasteiger charge is 2.22. The average Bonchev–Trinajstić information content (AvgIpc) is 2.61. The van der Waals surface area contributed by atoms with Gasteiger partial charge in [-0.25, -0.2) is 0 Å². The highest BCUT2D eigenvalue weighted by atomic mass is 16.2. The van der Waals surface area contributed by atoms with Crippen molar-refractivity contribution in [3.63, 3.8) is 0 Å². The molecule has 2 atom stereocenters. The molecule has 0 aliphatic carbocycles. The van der Waals surface area contributed by atoms with Crippen LogP contribution < -0.4 is 11.1 Å². The number of nitrogens with two attached hydrogens (primary N) is 1. The van der Waals surface area contributed by atoms with Crippen molar-refractivity contribution in [1.82, 2.24) is 5.32 Å². The summed E-state index contributed by atoms with van der Waals surface area (Å²) in [6, 6.07) is 16.9. The summed E-state index contributed by atoms with van der Waals surface area (Å²) < 4.78 is 0. The van der Waals surface area contributed by atoms with Gasteiger partial charge in [-0.2, -0.15) is 0 Å². The van der Waals surface area contributed by atoms with Gasteiger partial charge in [0, 0.05) is 6.42 Å². The van der Waals surface area contributed by atoms with Crippen molar-refractivity contribution in [1.29, 1.82) is 0 Å². The third kappa shape index (κ3) is 5.73. The lowest BCUT2D eigenvalue weighted by atomic mass is 9.95. The predicted octanol–water partition coefficient (Wildman–Crippen LogP) is 3.20. The number of carbonyl (C=O) groups is 2. The van der Waals surface area contributed by atoms with Crippen LogP contribution in [0.5, 0.6) is 0 Å². The normalized spacial score (nSPS) is 13.2. The van der Waals surface area contributed by atoms with E-state index in [9.17, 15) is 9.59 Å². The Labute approximate surface area is 155 Å². The van der Waals surface area contributed by atoms with Crippen LogP contribution in [0.4, 0.5) is 0 Å². The van der Waals surface area contributed by atoms with Gasteiger partial charge in [0.1, 0.15) is 6.04 Å². The molecule has 4 nitrogen and oxygen atoms in total. The standard InChI is InChI=1S/C22H28N2O2/c1-15(2)13-18-9-11-19(12-10-18)16(3)22(26)24-20(21(23)25)14-17-7-5-4-6-8-17/h4-12,15-16,20H,13-14H2,1-3H3,(H2,23,25)(H,24,26). The quantitative estimate of drug-likeness (QED) is 0.766. The minimum Gasteiger partial charge on any atom is -0.368 e. The van der Waals surface area contributed by atoms with Crippen LogP contribution in [0.3, 0.4) is 0 Å². The number of rotatable bonds is 8. The SMILES string of the molecule is CC(C)Cc1ccc(C(C)C(=O)NC(Cc2ccccc2)C(N)=O)cc1. The number of hydrogen-bond acceptors (Lipinski definition) is 2. The summed E-state index contributed by atoms with van der Waals surface area (Å²) in [5, 5.41) is 2.80. The Morgan fingerprint density at radius 3 is 2.00 bits per heavy atom. The molecule has 0 aliphatic rings. The Morgan fingerprint density at radius 2 is 1.46 bits per heavy atom. The van der Waals surface area contributed by atoms with Gasteiger partial charge in [-0.05, 0) is 36.0 Å². The fourth-order valence-electron chi connectivity index (χ4n) is 2.93. The van der Waals surface area contributed by atoms with Crippen molar-refractivity contribution in [2.45, 2.75) is 45.6 Å². The maximum atomic E-state index is 12.6. The lowest BCUT2D eigenvalue weighted by molar-refractivity contribution is -0.128. The van der Waals surface area contributed by atoms with Gasteiger partial charge < -0.3 is 11.1 Å². The van der Waals surface area contributed by atoms with Gasteiger partial charge in [-0.1, -0.05) is 68.4 Å². The zero-order valence-electron chi connectivity index (χ0n) is 15.7. The molecule has 0 fully saturated rings. The molecule has 2 aromatic carbocycles. The highest BCUT2D eigenvalue weighted by molar-refractivity contribution is 5.89. The fraction of sp³-hybridized carbons (Fsp3) is 0.364. The maximum absolute atomic E-state index is 12.6. The first-order valence-corrected chi connectivity index (χ1v) is 9.09. The molecule has 0 radical (unpaired) electrons. The molecular weight excluding hydrogens is 324 g/mol. The molecule has 2 amide bonds. The second-order valence-corrected chi connectivity index (χ2v) is 7.21. The lowest BCUT2D eigenvalue weighted by Gasteiger charge is -2.19. The van der Waals surface area contributed by atoms with Crippen molar-refractivity contribution < 1.29 is 9.59 Å². The molecule has 0 spiro atoms. The minimum atomic E-state index is -0.715. The molecule has 0 aliphatic heterocycles. The number of hydrogen-bond donors (Lipinski definition) is 2. The van der Waals surface area contributed by atoms with Crippen LogP contribution in [0.1, 0.15) is 43.4 Å². The van der Waals surface area contributed by atoms with E-state index < -0.39 is 11.9 Å². The van der Waals surface area contributed by atoms with Crippen molar-refractivity contribution in [2.24, 2.45) is 11.7 Å². The zero-order chi connectivity index (χ0) is 19.1. The van der Waals surface area contributed by atoms with Crippen LogP contribution in [-0.2, 0) is 22.4 Å². The molecule has 2 aromatic rings. The summed E-state index contributed by atoms with van der Waals surface area (Å²) in [7, 11) is 0. The topological polar surface area (TPSA) is 72.2 Å². The smallest absolute Gasteiger partial charge is 0.240 e. The fourth-order valence-corrected chi connectivity index (χ4v) is 2.93. The largest absolute Gasteiger partial charge is 0.368 e. The maximum Gasteiger partial charge on any atom is 0.240 e. The van der Waals surface area contributed by atoms with Crippen LogP contribution in [0.2, 0.25) is 0 Å². The number of benzene rings is 2. The van der Waals surface area contributed by atoms with E-state index in [1.165, 1.54) is 5.56 Å². The summed E-state index contributed by atoms with van der Waals surface area (Å²) >= 11 is 0. The van der Waals surface area contributed by atoms with Gasteiger partial charge in [-0.3, -0.25) is 9.59 Å². The van der Waals surface area contributed by atoms with E-state index in [0.29, 0.717) is 12.3 Å². The summed E-state index contributed by atoms with van der Waals surface area (Å²) in [6.07, 6.45) is 1.41. The van der Waals surface area contributed by atoms with Gasteiger partial charge in [-0.15, -0.1) is 0 Å². The molecule has 4 heteroatoms. The van der Waals surface area contributed by atoms with E-state index in [1.54, 1.807) is 0 Å². The molecule has 0 aromatic heterocycles. The first-order valence-electron chi connectivity index (χ1n) is 9.09. The predicted molar refractivity (Wildman–Crippen MR) is 105 cm³/mol. The van der Waals surface area contributed by atoms with Crippen molar-refractivity contribution in [3.05, 3.63) is 71.3 Å². The van der Waals surface area contributed by atoms with Gasteiger partial charge >= 0.3 is 0 Å². The molecule has 0 bridgehead atoms. The summed E-state index contributed by atoms with van der Waals surface area (Å²) in [4.78, 5) is 24.3. The van der Waals surface area contributed by atoms with Crippen molar-refractivity contribution in [2.75, 3.05) is 0 Å². The Morgan fingerprint density at radius 1 is 0.885 bits per heavy atom. The van der Waals surface area contributed by atoms with Crippen LogP contribution in [0.25, 0.3) is 0 Å². The van der Waals surface area contributed by atoms with Gasteiger partial charge in [0.2, 0.25) is 11.8 Å². The second kappa shape index (κ2) is 9.18. The number of nitrogens with one attached hydrogen (secondary N) is 1. The number of primary amides is 1. The summed E-state index contributed by atoms with van der Waals surface area (Å²) in [5.74, 6) is -0.473. The third-order valence-corrected chi connectivity index (χ3v) is 4.46. The Kier molecular flexibility index (Phi) is 6.96. The van der Waals surface area contributed by atoms with Crippen LogP contribution in [0.15, 0.2) is 54.6 Å². The van der Waals surface area contributed by atoms with E-state index in [2.05, 4.69) is 31.3 Å². The lowest BCUT2D eigenvalue weighted by Crippen LogP contribution is -2.47. The van der Waals surface area contributed by atoms with E-state index in [0.717, 1.165) is 17.5 Å². The van der Waals surface area contributed by atoms with Crippen LogP contribution in [-0.4, -0.2) is 17.9 Å². The highest BCUT2D eigenvalue weighted by Crippen LogP contribution is 2.18. The van der Waals surface area contributed by atoms with E-state index >= 15 is 0 Å². The van der Waals surface area contributed by atoms with Gasteiger partial charge in [0.15, 0.2) is 0 Å². The monoisotopic (exact) mass is 352 g/mol. The van der Waals surface area contributed by atoms with Crippen LogP contribution in [0, 0.1) is 5.92 Å². The van der Waals surface area contributed by atoms with E-state index in [4.69, 9.17) is 5.73 Å².